The zero-order valence-corrected chi connectivity index (χ0v) is 12.5. The minimum Gasteiger partial charge on any atom is -0.478 e. The van der Waals surface area contributed by atoms with Crippen molar-refractivity contribution in [2.24, 2.45) is 5.92 Å². The molecule has 20 heavy (non-hydrogen) atoms. The number of aliphatic carboxylic acids is 1. The van der Waals surface area contributed by atoms with Crippen LogP contribution in [-0.2, 0) is 9.59 Å². The smallest absolute Gasteiger partial charge is 0.328 e. The summed E-state index contributed by atoms with van der Waals surface area (Å²) in [6, 6.07) is 0. The third kappa shape index (κ3) is 4.97. The minimum absolute atomic E-state index is 0.00925. The molecule has 1 aromatic rings. The van der Waals surface area contributed by atoms with Crippen molar-refractivity contribution in [1.82, 2.24) is 4.98 Å². The zero-order chi connectivity index (χ0) is 14.4. The van der Waals surface area contributed by atoms with Crippen molar-refractivity contribution in [3.8, 4) is 0 Å². The molecule has 1 aromatic heterocycles. The Morgan fingerprint density at radius 1 is 1.45 bits per heavy atom. The molecule has 2 rings (SSSR count). The van der Waals surface area contributed by atoms with E-state index in [1.165, 1.54) is 17.4 Å². The summed E-state index contributed by atoms with van der Waals surface area (Å²) < 4.78 is 0. The van der Waals surface area contributed by atoms with Gasteiger partial charge < -0.3 is 10.4 Å². The number of carbonyl (C=O) groups is 2. The van der Waals surface area contributed by atoms with E-state index >= 15 is 0 Å². The van der Waals surface area contributed by atoms with Crippen LogP contribution in [0.15, 0.2) is 12.3 Å². The number of carbonyl (C=O) groups excluding carboxylic acids is 1. The van der Waals surface area contributed by atoms with Crippen LogP contribution in [-0.4, -0.2) is 33.5 Å². The highest BCUT2D eigenvalue weighted by Crippen LogP contribution is 2.26. The van der Waals surface area contributed by atoms with E-state index in [0.717, 1.165) is 30.4 Å². The molecule has 0 aliphatic carbocycles. The average molecular weight is 312 g/mol. The van der Waals surface area contributed by atoms with Gasteiger partial charge in [0, 0.05) is 23.6 Å². The molecular weight excluding hydrogens is 296 g/mol. The number of amides is 1. The van der Waals surface area contributed by atoms with E-state index in [9.17, 15) is 9.59 Å². The number of nitrogens with zero attached hydrogens (tertiary/aromatic N) is 1. The summed E-state index contributed by atoms with van der Waals surface area (Å²) in [6.07, 6.45) is 6.81. The maximum absolute atomic E-state index is 11.9. The molecule has 0 aromatic carbocycles. The lowest BCUT2D eigenvalue weighted by atomic mass is 9.99. The molecule has 108 valence electrons. The van der Waals surface area contributed by atoms with Crippen molar-refractivity contribution in [2.45, 2.75) is 19.3 Å². The molecule has 1 aliphatic rings. The van der Waals surface area contributed by atoms with Gasteiger partial charge in [-0.25, -0.2) is 9.78 Å². The molecule has 5 nitrogen and oxygen atoms in total. The highest BCUT2D eigenvalue weighted by molar-refractivity contribution is 7.99. The van der Waals surface area contributed by atoms with Crippen LogP contribution in [0, 0.1) is 5.92 Å². The minimum atomic E-state index is -1.00. The number of hydrogen-bond acceptors (Lipinski definition) is 5. The number of hydrogen-bond donors (Lipinski definition) is 2. The SMILES string of the molecule is O=C(O)/C=C/c1cnc(NC(=O)CC2CCSCC2)s1. The first-order valence-electron chi connectivity index (χ1n) is 6.38. The number of thiazole rings is 1. The summed E-state index contributed by atoms with van der Waals surface area (Å²) in [7, 11) is 0. The van der Waals surface area contributed by atoms with Crippen LogP contribution >= 0.6 is 23.1 Å². The summed E-state index contributed by atoms with van der Waals surface area (Å²) in [4.78, 5) is 27.1. The molecule has 0 radical (unpaired) electrons. The molecule has 1 saturated heterocycles. The van der Waals surface area contributed by atoms with Crippen LogP contribution in [0.3, 0.4) is 0 Å². The van der Waals surface area contributed by atoms with Gasteiger partial charge in [0.2, 0.25) is 5.91 Å². The fourth-order valence-electron chi connectivity index (χ4n) is 1.96. The number of carboxylic acids is 1. The van der Waals surface area contributed by atoms with E-state index < -0.39 is 5.97 Å². The van der Waals surface area contributed by atoms with Crippen LogP contribution in [0.2, 0.25) is 0 Å². The van der Waals surface area contributed by atoms with Gasteiger partial charge in [-0.2, -0.15) is 11.8 Å². The van der Waals surface area contributed by atoms with E-state index in [2.05, 4.69) is 10.3 Å². The van der Waals surface area contributed by atoms with E-state index in [-0.39, 0.29) is 5.91 Å². The Balaban J connectivity index is 1.83. The van der Waals surface area contributed by atoms with Gasteiger partial charge in [-0.3, -0.25) is 4.79 Å². The standard InChI is InChI=1S/C13H16N2O3S2/c16-11(7-9-3-5-19-6-4-9)15-13-14-8-10(20-13)1-2-12(17)18/h1-2,8-9H,3-7H2,(H,17,18)(H,14,15,16)/b2-1+. The van der Waals surface area contributed by atoms with Gasteiger partial charge in [0.1, 0.15) is 0 Å². The molecule has 0 atom stereocenters. The topological polar surface area (TPSA) is 79.3 Å². The van der Waals surface area contributed by atoms with Gasteiger partial charge in [0.15, 0.2) is 5.13 Å². The fourth-order valence-corrected chi connectivity index (χ4v) is 3.90. The molecule has 1 aliphatic heterocycles. The first-order chi connectivity index (χ1) is 9.63. The monoisotopic (exact) mass is 312 g/mol. The highest BCUT2D eigenvalue weighted by atomic mass is 32.2. The maximum atomic E-state index is 11.9. The van der Waals surface area contributed by atoms with E-state index in [0.29, 0.717) is 22.3 Å². The number of aromatic nitrogens is 1. The third-order valence-electron chi connectivity index (χ3n) is 2.98. The van der Waals surface area contributed by atoms with Crippen molar-refractivity contribution in [2.75, 3.05) is 16.8 Å². The second-order valence-corrected chi connectivity index (χ2v) is 6.83. The van der Waals surface area contributed by atoms with Crippen molar-refractivity contribution in [1.29, 1.82) is 0 Å². The molecule has 7 heteroatoms. The van der Waals surface area contributed by atoms with Crippen LogP contribution in [0.4, 0.5) is 5.13 Å². The number of thioether (sulfide) groups is 1. The number of anilines is 1. The lowest BCUT2D eigenvalue weighted by molar-refractivity contribution is -0.131. The van der Waals surface area contributed by atoms with Crippen LogP contribution in [0.25, 0.3) is 6.08 Å². The van der Waals surface area contributed by atoms with Gasteiger partial charge in [-0.05, 0) is 36.3 Å². The molecule has 2 heterocycles. The molecule has 1 fully saturated rings. The lowest BCUT2D eigenvalue weighted by Gasteiger charge is -2.20. The number of rotatable bonds is 5. The molecule has 0 spiro atoms. The average Bonchev–Trinajstić information content (AvgIpc) is 2.85. The van der Waals surface area contributed by atoms with E-state index in [1.807, 2.05) is 11.8 Å². The second kappa shape index (κ2) is 7.44. The van der Waals surface area contributed by atoms with Crippen molar-refractivity contribution >= 4 is 46.2 Å². The Morgan fingerprint density at radius 2 is 2.20 bits per heavy atom. The first-order valence-corrected chi connectivity index (χ1v) is 8.35. The molecule has 2 N–H and O–H groups in total. The lowest BCUT2D eigenvalue weighted by Crippen LogP contribution is -2.19. The van der Waals surface area contributed by atoms with Crippen molar-refractivity contribution in [3.05, 3.63) is 17.2 Å². The summed E-state index contributed by atoms with van der Waals surface area (Å²) in [5.74, 6) is 1.74. The molecular formula is C13H16N2O3S2. The van der Waals surface area contributed by atoms with Crippen molar-refractivity contribution in [3.63, 3.8) is 0 Å². The van der Waals surface area contributed by atoms with E-state index in [1.54, 1.807) is 6.20 Å². The quantitative estimate of drug-likeness (QED) is 0.817. The van der Waals surface area contributed by atoms with Gasteiger partial charge in [-0.15, -0.1) is 0 Å². The zero-order valence-electron chi connectivity index (χ0n) is 10.9. The Hall–Kier alpha value is -1.34. The third-order valence-corrected chi connectivity index (χ3v) is 4.90. The van der Waals surface area contributed by atoms with Gasteiger partial charge in [-0.1, -0.05) is 11.3 Å². The maximum Gasteiger partial charge on any atom is 0.328 e. The fraction of sp³-hybridized carbons (Fsp3) is 0.462. The molecule has 0 bridgehead atoms. The van der Waals surface area contributed by atoms with Gasteiger partial charge in [0.05, 0.1) is 0 Å². The largest absolute Gasteiger partial charge is 0.478 e. The Bertz CT molecular complexity index is 507. The Labute approximate surface area is 125 Å². The normalized spacial score (nSPS) is 16.4. The van der Waals surface area contributed by atoms with Crippen LogP contribution < -0.4 is 5.32 Å². The molecule has 1 amide bonds. The molecule has 0 saturated carbocycles. The number of carboxylic acid groups (broad SMARTS) is 1. The first kappa shape index (κ1) is 15.1. The number of nitrogens with one attached hydrogen (secondary N) is 1. The van der Waals surface area contributed by atoms with Crippen LogP contribution in [0.5, 0.6) is 0 Å². The summed E-state index contributed by atoms with van der Waals surface area (Å²) >= 11 is 3.21. The Morgan fingerprint density at radius 3 is 2.90 bits per heavy atom. The van der Waals surface area contributed by atoms with Gasteiger partial charge in [0.25, 0.3) is 0 Å². The summed E-state index contributed by atoms with van der Waals surface area (Å²) in [5.41, 5.74) is 0. The summed E-state index contributed by atoms with van der Waals surface area (Å²) in [6.45, 7) is 0. The second-order valence-electron chi connectivity index (χ2n) is 4.55. The molecule has 0 unspecified atom stereocenters. The predicted molar refractivity (Wildman–Crippen MR) is 82.1 cm³/mol. The Kier molecular flexibility index (Phi) is 5.60. The predicted octanol–water partition coefficient (Wildman–Crippen LogP) is 2.71. The van der Waals surface area contributed by atoms with E-state index in [4.69, 9.17) is 5.11 Å². The summed E-state index contributed by atoms with van der Waals surface area (Å²) in [5, 5.41) is 11.8. The van der Waals surface area contributed by atoms with Crippen molar-refractivity contribution < 1.29 is 14.7 Å². The van der Waals surface area contributed by atoms with Gasteiger partial charge >= 0.3 is 5.97 Å². The highest BCUT2D eigenvalue weighted by Gasteiger charge is 2.17. The van der Waals surface area contributed by atoms with Crippen LogP contribution in [0.1, 0.15) is 24.1 Å².